The van der Waals surface area contributed by atoms with E-state index in [0.717, 1.165) is 11.4 Å². The second-order valence-corrected chi connectivity index (χ2v) is 3.45. The Bertz CT molecular complexity index is 292. The number of nitrogen functional groups attached to an aromatic ring is 1. The molecule has 1 unspecified atom stereocenters. The van der Waals surface area contributed by atoms with Gasteiger partial charge in [0.05, 0.1) is 12.7 Å². The Balaban J connectivity index is 2.25. The van der Waals surface area contributed by atoms with Gasteiger partial charge >= 0.3 is 0 Å². The molecule has 15 heavy (non-hydrogen) atoms. The number of aliphatic hydroxyl groups is 1. The minimum atomic E-state index is -0.413. The van der Waals surface area contributed by atoms with Crippen LogP contribution in [0.15, 0.2) is 24.3 Å². The van der Waals surface area contributed by atoms with Crippen LogP contribution < -0.4 is 11.1 Å². The highest BCUT2D eigenvalue weighted by atomic mass is 16.5. The van der Waals surface area contributed by atoms with Crippen molar-refractivity contribution in [2.24, 2.45) is 0 Å². The molecule has 0 aromatic heterocycles. The van der Waals surface area contributed by atoms with Crippen LogP contribution in [-0.2, 0) is 4.74 Å². The molecule has 0 bridgehead atoms. The van der Waals surface area contributed by atoms with Crippen molar-refractivity contribution in [2.75, 3.05) is 31.3 Å². The lowest BCUT2D eigenvalue weighted by Gasteiger charge is -2.11. The Morgan fingerprint density at radius 2 is 2.33 bits per heavy atom. The third kappa shape index (κ3) is 4.67. The van der Waals surface area contributed by atoms with Gasteiger partial charge in [0.25, 0.3) is 0 Å². The lowest BCUT2D eigenvalue weighted by atomic mass is 10.2. The first-order valence-corrected chi connectivity index (χ1v) is 4.99. The smallest absolute Gasteiger partial charge is 0.0790 e. The molecule has 0 amide bonds. The van der Waals surface area contributed by atoms with Gasteiger partial charge in [-0.3, -0.25) is 0 Å². The van der Waals surface area contributed by atoms with Gasteiger partial charge in [0.1, 0.15) is 0 Å². The fourth-order valence-corrected chi connectivity index (χ4v) is 1.31. The number of aliphatic hydroxyl groups excluding tert-OH is 1. The minimum absolute atomic E-state index is 0.374. The van der Waals surface area contributed by atoms with E-state index in [1.165, 1.54) is 0 Å². The molecule has 0 radical (unpaired) electrons. The maximum atomic E-state index is 9.39. The van der Waals surface area contributed by atoms with Crippen molar-refractivity contribution in [3.8, 4) is 0 Å². The number of rotatable bonds is 6. The molecule has 0 fully saturated rings. The molecule has 4 heteroatoms. The summed E-state index contributed by atoms with van der Waals surface area (Å²) in [6, 6.07) is 7.54. The molecular formula is C11H18N2O2. The van der Waals surface area contributed by atoms with Crippen LogP contribution in [0.25, 0.3) is 0 Å². The molecule has 1 aromatic rings. The van der Waals surface area contributed by atoms with Crippen LogP contribution in [0.4, 0.5) is 11.4 Å². The van der Waals surface area contributed by atoms with Crippen LogP contribution >= 0.6 is 0 Å². The van der Waals surface area contributed by atoms with E-state index in [1.807, 2.05) is 24.3 Å². The monoisotopic (exact) mass is 210 g/mol. The van der Waals surface area contributed by atoms with Crippen LogP contribution in [0.5, 0.6) is 0 Å². The molecule has 4 N–H and O–H groups in total. The van der Waals surface area contributed by atoms with Crippen molar-refractivity contribution >= 4 is 11.4 Å². The third-order valence-electron chi connectivity index (χ3n) is 2.05. The molecule has 84 valence electrons. The Morgan fingerprint density at radius 3 is 3.00 bits per heavy atom. The Hall–Kier alpha value is -1.26. The number of benzene rings is 1. The van der Waals surface area contributed by atoms with Crippen molar-refractivity contribution in [3.05, 3.63) is 24.3 Å². The average molecular weight is 210 g/mol. The van der Waals surface area contributed by atoms with E-state index in [0.29, 0.717) is 19.6 Å². The first-order chi connectivity index (χ1) is 7.22. The number of hydrogen-bond donors (Lipinski definition) is 3. The summed E-state index contributed by atoms with van der Waals surface area (Å²) in [5.41, 5.74) is 7.33. The van der Waals surface area contributed by atoms with E-state index >= 15 is 0 Å². The lowest BCUT2D eigenvalue weighted by Crippen LogP contribution is -2.18. The van der Waals surface area contributed by atoms with Crippen LogP contribution in [0, 0.1) is 0 Å². The van der Waals surface area contributed by atoms with Crippen LogP contribution in [-0.4, -0.2) is 31.5 Å². The maximum Gasteiger partial charge on any atom is 0.0790 e. The van der Waals surface area contributed by atoms with Gasteiger partial charge in [0.2, 0.25) is 0 Å². The van der Waals surface area contributed by atoms with Crippen molar-refractivity contribution < 1.29 is 9.84 Å². The normalized spacial score (nSPS) is 12.4. The minimum Gasteiger partial charge on any atom is -0.399 e. The zero-order valence-electron chi connectivity index (χ0n) is 8.94. The van der Waals surface area contributed by atoms with Gasteiger partial charge in [-0.15, -0.1) is 0 Å². The van der Waals surface area contributed by atoms with E-state index in [4.69, 9.17) is 10.5 Å². The first-order valence-electron chi connectivity index (χ1n) is 4.99. The molecule has 4 nitrogen and oxygen atoms in total. The van der Waals surface area contributed by atoms with Crippen molar-refractivity contribution in [2.45, 2.75) is 12.5 Å². The molecule has 0 aliphatic rings. The van der Waals surface area contributed by atoms with Gasteiger partial charge in [-0.05, 0) is 24.6 Å². The van der Waals surface area contributed by atoms with E-state index in [1.54, 1.807) is 7.11 Å². The molecule has 0 saturated carbocycles. The Kier molecular flexibility index (Phi) is 4.93. The fraction of sp³-hybridized carbons (Fsp3) is 0.455. The van der Waals surface area contributed by atoms with Crippen LogP contribution in [0.2, 0.25) is 0 Å². The molecule has 1 rings (SSSR count). The standard InChI is InChI=1S/C11H18N2O2/c1-15-8-11(14)5-6-13-10-4-2-3-9(12)7-10/h2-4,7,11,13-14H,5-6,8,12H2,1H3. The van der Waals surface area contributed by atoms with E-state index in [9.17, 15) is 5.11 Å². The second kappa shape index (κ2) is 6.27. The predicted octanol–water partition coefficient (Wildman–Crippen LogP) is 1.08. The van der Waals surface area contributed by atoms with Gasteiger partial charge < -0.3 is 20.9 Å². The maximum absolute atomic E-state index is 9.39. The highest BCUT2D eigenvalue weighted by Gasteiger charge is 2.02. The number of hydrogen-bond acceptors (Lipinski definition) is 4. The Labute approximate surface area is 90.1 Å². The van der Waals surface area contributed by atoms with E-state index in [-0.39, 0.29) is 0 Å². The second-order valence-electron chi connectivity index (χ2n) is 3.45. The van der Waals surface area contributed by atoms with Crippen molar-refractivity contribution in [3.63, 3.8) is 0 Å². The highest BCUT2D eigenvalue weighted by molar-refractivity contribution is 5.53. The van der Waals surface area contributed by atoms with Crippen LogP contribution in [0.3, 0.4) is 0 Å². The van der Waals surface area contributed by atoms with E-state index < -0.39 is 6.10 Å². The number of anilines is 2. The molecule has 1 atom stereocenters. The summed E-state index contributed by atoms with van der Waals surface area (Å²) in [7, 11) is 1.58. The highest BCUT2D eigenvalue weighted by Crippen LogP contribution is 2.11. The molecule has 0 aliphatic carbocycles. The lowest BCUT2D eigenvalue weighted by molar-refractivity contribution is 0.0615. The number of ether oxygens (including phenoxy) is 1. The zero-order chi connectivity index (χ0) is 11.1. The summed E-state index contributed by atoms with van der Waals surface area (Å²) < 4.78 is 4.83. The SMILES string of the molecule is COCC(O)CCNc1cccc(N)c1. The van der Waals surface area contributed by atoms with Crippen molar-refractivity contribution in [1.82, 2.24) is 0 Å². The van der Waals surface area contributed by atoms with E-state index in [2.05, 4.69) is 5.32 Å². The zero-order valence-corrected chi connectivity index (χ0v) is 8.94. The number of nitrogens with two attached hydrogens (primary N) is 1. The molecule has 0 heterocycles. The predicted molar refractivity (Wildman–Crippen MR) is 61.8 cm³/mol. The first kappa shape index (κ1) is 11.8. The van der Waals surface area contributed by atoms with Crippen molar-refractivity contribution in [1.29, 1.82) is 0 Å². The summed E-state index contributed by atoms with van der Waals surface area (Å²) in [6.45, 7) is 1.08. The number of methoxy groups -OCH3 is 1. The summed E-state index contributed by atoms with van der Waals surface area (Å²) in [5, 5.41) is 12.6. The summed E-state index contributed by atoms with van der Waals surface area (Å²) in [4.78, 5) is 0. The van der Waals surface area contributed by atoms with Gasteiger partial charge in [0, 0.05) is 25.0 Å². The van der Waals surface area contributed by atoms with Gasteiger partial charge in [-0.1, -0.05) is 6.07 Å². The molecule has 0 aliphatic heterocycles. The van der Waals surface area contributed by atoms with Crippen LogP contribution in [0.1, 0.15) is 6.42 Å². The third-order valence-corrected chi connectivity index (χ3v) is 2.05. The van der Waals surface area contributed by atoms with Gasteiger partial charge in [0.15, 0.2) is 0 Å². The number of nitrogens with one attached hydrogen (secondary N) is 1. The largest absolute Gasteiger partial charge is 0.399 e. The molecule has 0 saturated heterocycles. The summed E-state index contributed by atoms with van der Waals surface area (Å²) >= 11 is 0. The van der Waals surface area contributed by atoms with Gasteiger partial charge in [-0.2, -0.15) is 0 Å². The molecule has 1 aromatic carbocycles. The fourth-order valence-electron chi connectivity index (χ4n) is 1.31. The Morgan fingerprint density at radius 1 is 1.53 bits per heavy atom. The summed E-state index contributed by atoms with van der Waals surface area (Å²) in [5.74, 6) is 0. The van der Waals surface area contributed by atoms with Gasteiger partial charge in [-0.25, -0.2) is 0 Å². The quantitative estimate of drug-likeness (QED) is 0.615. The average Bonchev–Trinajstić information content (AvgIpc) is 2.18. The summed E-state index contributed by atoms with van der Waals surface area (Å²) in [6.07, 6.45) is 0.242. The topological polar surface area (TPSA) is 67.5 Å². The molecular weight excluding hydrogens is 192 g/mol. The molecule has 0 spiro atoms.